The van der Waals surface area contributed by atoms with Gasteiger partial charge in [0.05, 0.1) is 22.8 Å². The van der Waals surface area contributed by atoms with Crippen LogP contribution in [0.15, 0.2) is 59.5 Å². The number of likely N-dealkylation sites (N-methyl/N-ethyl adjacent to an activating group) is 1. The van der Waals surface area contributed by atoms with Crippen molar-refractivity contribution in [1.29, 1.82) is 0 Å². The Morgan fingerprint density at radius 1 is 0.867 bits per heavy atom. The molecule has 1 N–H and O–H groups in total. The number of anilines is 2. The summed E-state index contributed by atoms with van der Waals surface area (Å²) in [7, 11) is 2.12. The van der Waals surface area contributed by atoms with Crippen LogP contribution in [0.3, 0.4) is 0 Å². The first-order valence-corrected chi connectivity index (χ1v) is 11.0. The third-order valence-electron chi connectivity index (χ3n) is 5.42. The molecule has 0 aromatic heterocycles. The van der Waals surface area contributed by atoms with Gasteiger partial charge < -0.3 is 14.9 Å². The van der Waals surface area contributed by atoms with E-state index in [1.807, 2.05) is 54.6 Å². The number of carbonyl (C=O) groups excluding carboxylic acids is 2. The van der Waals surface area contributed by atoms with Gasteiger partial charge in [-0.25, -0.2) is 4.90 Å². The van der Waals surface area contributed by atoms with E-state index >= 15 is 0 Å². The fourth-order valence-electron chi connectivity index (χ4n) is 3.76. The van der Waals surface area contributed by atoms with Crippen LogP contribution in [0.25, 0.3) is 5.57 Å². The summed E-state index contributed by atoms with van der Waals surface area (Å²) in [4.78, 5) is 32.7. The molecule has 1 fully saturated rings. The minimum atomic E-state index is -0.329. The Morgan fingerprint density at radius 3 is 2.13 bits per heavy atom. The second kappa shape index (κ2) is 9.04. The lowest BCUT2D eigenvalue weighted by atomic mass is 10.1. The van der Waals surface area contributed by atoms with Gasteiger partial charge in [-0.1, -0.05) is 30.3 Å². The Labute approximate surface area is 180 Å². The lowest BCUT2D eigenvalue weighted by Gasteiger charge is -2.34. The molecule has 0 saturated carbocycles. The van der Waals surface area contributed by atoms with E-state index in [-0.39, 0.29) is 18.4 Å². The van der Waals surface area contributed by atoms with E-state index in [1.165, 1.54) is 16.7 Å². The van der Waals surface area contributed by atoms with Crippen LogP contribution in [0.1, 0.15) is 5.56 Å². The first kappa shape index (κ1) is 20.7. The van der Waals surface area contributed by atoms with E-state index in [1.54, 1.807) is 0 Å². The van der Waals surface area contributed by atoms with Crippen molar-refractivity contribution >= 4 is 40.5 Å². The van der Waals surface area contributed by atoms with Crippen molar-refractivity contribution in [3.05, 3.63) is 65.1 Å². The van der Waals surface area contributed by atoms with Crippen LogP contribution in [0.5, 0.6) is 0 Å². The Hall–Kier alpha value is -2.61. The van der Waals surface area contributed by atoms with Crippen molar-refractivity contribution in [3.8, 4) is 0 Å². The molecule has 2 heterocycles. The number of imide groups is 1. The largest absolute Gasteiger partial charge is 0.396 e. The standard InChI is InChI=1S/C23H25N3O3S/c1-24-11-13-25(14-12-24)18-7-9-19(10-8-18)26-22(28)20(17-5-3-2-4-6-17)21(23(26)29)30-16-15-27/h2-10,27H,11-16H2,1H3. The number of hydrogen-bond acceptors (Lipinski definition) is 6. The van der Waals surface area contributed by atoms with Gasteiger partial charge in [-0.05, 0) is 36.9 Å². The van der Waals surface area contributed by atoms with Crippen LogP contribution in [0.4, 0.5) is 11.4 Å². The normalized spacial score (nSPS) is 17.9. The van der Waals surface area contributed by atoms with Gasteiger partial charge >= 0.3 is 0 Å². The molecule has 0 bridgehead atoms. The molecule has 6 nitrogen and oxygen atoms in total. The fraction of sp³-hybridized carbons (Fsp3) is 0.304. The summed E-state index contributed by atoms with van der Waals surface area (Å²) in [5.74, 6) is -0.287. The van der Waals surface area contributed by atoms with Crippen LogP contribution in [0, 0.1) is 0 Å². The smallest absolute Gasteiger partial charge is 0.272 e. The molecule has 2 aliphatic heterocycles. The molecular weight excluding hydrogens is 398 g/mol. The number of aliphatic hydroxyl groups excluding tert-OH is 1. The van der Waals surface area contributed by atoms with Crippen LogP contribution in [-0.2, 0) is 9.59 Å². The van der Waals surface area contributed by atoms with E-state index in [0.29, 0.717) is 27.5 Å². The molecule has 1 saturated heterocycles. The molecule has 0 spiro atoms. The van der Waals surface area contributed by atoms with Crippen LogP contribution >= 0.6 is 11.8 Å². The number of carbonyl (C=O) groups is 2. The predicted octanol–water partition coefficient (Wildman–Crippen LogP) is 2.45. The number of benzene rings is 2. The van der Waals surface area contributed by atoms with E-state index in [2.05, 4.69) is 16.8 Å². The number of nitrogens with zero attached hydrogens (tertiary/aromatic N) is 3. The Morgan fingerprint density at radius 2 is 1.50 bits per heavy atom. The van der Waals surface area contributed by atoms with E-state index in [0.717, 1.165) is 31.9 Å². The average Bonchev–Trinajstić information content (AvgIpc) is 3.03. The Balaban J connectivity index is 1.61. The molecule has 30 heavy (non-hydrogen) atoms. The lowest BCUT2D eigenvalue weighted by Crippen LogP contribution is -2.44. The molecule has 2 aliphatic rings. The minimum absolute atomic E-state index is 0.0581. The summed E-state index contributed by atoms with van der Waals surface area (Å²) in [5.41, 5.74) is 2.78. The number of rotatable bonds is 6. The van der Waals surface area contributed by atoms with Crippen molar-refractivity contribution < 1.29 is 14.7 Å². The molecule has 7 heteroatoms. The van der Waals surface area contributed by atoms with Gasteiger partial charge in [0, 0.05) is 37.6 Å². The van der Waals surface area contributed by atoms with Crippen molar-refractivity contribution in [2.45, 2.75) is 0 Å². The van der Waals surface area contributed by atoms with Crippen molar-refractivity contribution in [1.82, 2.24) is 4.90 Å². The lowest BCUT2D eigenvalue weighted by molar-refractivity contribution is -0.119. The maximum Gasteiger partial charge on any atom is 0.272 e. The first-order valence-electron chi connectivity index (χ1n) is 10.1. The number of amides is 2. The maximum atomic E-state index is 13.3. The monoisotopic (exact) mass is 423 g/mol. The van der Waals surface area contributed by atoms with Gasteiger partial charge in [0.15, 0.2) is 0 Å². The number of piperazine rings is 1. The number of hydrogen-bond donors (Lipinski definition) is 1. The molecule has 0 radical (unpaired) electrons. The third kappa shape index (κ3) is 4.01. The van der Waals surface area contributed by atoms with Crippen molar-refractivity contribution in [2.75, 3.05) is 55.4 Å². The van der Waals surface area contributed by atoms with Gasteiger partial charge in [0.25, 0.3) is 11.8 Å². The van der Waals surface area contributed by atoms with Gasteiger partial charge in [-0.3, -0.25) is 9.59 Å². The zero-order chi connectivity index (χ0) is 21.1. The summed E-state index contributed by atoms with van der Waals surface area (Å²) < 4.78 is 0. The molecule has 2 amide bonds. The van der Waals surface area contributed by atoms with Crippen molar-refractivity contribution in [3.63, 3.8) is 0 Å². The van der Waals surface area contributed by atoms with Crippen LogP contribution in [0.2, 0.25) is 0 Å². The fourth-order valence-corrected chi connectivity index (χ4v) is 4.62. The second-order valence-corrected chi connectivity index (χ2v) is 8.50. The first-order chi connectivity index (χ1) is 14.6. The highest BCUT2D eigenvalue weighted by Gasteiger charge is 2.40. The predicted molar refractivity (Wildman–Crippen MR) is 122 cm³/mol. The summed E-state index contributed by atoms with van der Waals surface area (Å²) in [6.07, 6.45) is 0. The summed E-state index contributed by atoms with van der Waals surface area (Å²) in [6.45, 7) is 3.89. The van der Waals surface area contributed by atoms with Gasteiger partial charge in [-0.2, -0.15) is 0 Å². The molecular formula is C23H25N3O3S. The Kier molecular flexibility index (Phi) is 6.22. The molecule has 2 aromatic rings. The van der Waals surface area contributed by atoms with Gasteiger partial charge in [0.2, 0.25) is 0 Å². The zero-order valence-corrected chi connectivity index (χ0v) is 17.8. The molecule has 0 atom stereocenters. The number of aliphatic hydroxyl groups is 1. The second-order valence-electron chi connectivity index (χ2n) is 7.39. The van der Waals surface area contributed by atoms with E-state index < -0.39 is 0 Å². The van der Waals surface area contributed by atoms with Gasteiger partial charge in [-0.15, -0.1) is 11.8 Å². The van der Waals surface area contributed by atoms with E-state index in [9.17, 15) is 14.7 Å². The van der Waals surface area contributed by atoms with Crippen molar-refractivity contribution in [2.24, 2.45) is 0 Å². The molecule has 0 unspecified atom stereocenters. The average molecular weight is 424 g/mol. The minimum Gasteiger partial charge on any atom is -0.396 e. The highest BCUT2D eigenvalue weighted by Crippen LogP contribution is 2.38. The van der Waals surface area contributed by atoms with Crippen LogP contribution in [-0.4, -0.2) is 67.4 Å². The zero-order valence-electron chi connectivity index (χ0n) is 17.0. The summed E-state index contributed by atoms with van der Waals surface area (Å²) >= 11 is 1.23. The highest BCUT2D eigenvalue weighted by atomic mass is 32.2. The topological polar surface area (TPSA) is 64.1 Å². The highest BCUT2D eigenvalue weighted by molar-refractivity contribution is 8.04. The van der Waals surface area contributed by atoms with E-state index in [4.69, 9.17) is 0 Å². The molecule has 2 aromatic carbocycles. The quantitative estimate of drug-likeness (QED) is 0.720. The molecule has 156 valence electrons. The molecule has 4 rings (SSSR count). The maximum absolute atomic E-state index is 13.3. The van der Waals surface area contributed by atoms with Crippen LogP contribution < -0.4 is 9.80 Å². The number of thioether (sulfide) groups is 1. The third-order valence-corrected chi connectivity index (χ3v) is 6.47. The Bertz CT molecular complexity index is 951. The summed E-state index contributed by atoms with van der Waals surface area (Å²) in [5, 5.41) is 9.23. The van der Waals surface area contributed by atoms with Gasteiger partial charge in [0.1, 0.15) is 0 Å². The SMILES string of the molecule is CN1CCN(c2ccc(N3C(=O)C(SCCO)=C(c4ccccc4)C3=O)cc2)CC1. The summed E-state index contributed by atoms with van der Waals surface area (Å²) in [6, 6.07) is 16.9. The molecule has 0 aliphatic carbocycles.